The molecular weight excluding hydrogens is 252 g/mol. The lowest BCUT2D eigenvalue weighted by atomic mass is 9.95. The summed E-state index contributed by atoms with van der Waals surface area (Å²) in [6, 6.07) is 7.16. The van der Waals surface area contributed by atoms with Gasteiger partial charge in [0.2, 0.25) is 0 Å². The molecule has 1 fully saturated rings. The van der Waals surface area contributed by atoms with Crippen LogP contribution in [0.15, 0.2) is 24.3 Å². The molecule has 4 heteroatoms. The zero-order valence-electron chi connectivity index (χ0n) is 11.9. The monoisotopic (exact) mass is 274 g/mol. The van der Waals surface area contributed by atoms with E-state index in [1.54, 1.807) is 24.3 Å². The lowest BCUT2D eigenvalue weighted by molar-refractivity contribution is 0.0927. The maximum atomic E-state index is 12.2. The quantitative estimate of drug-likeness (QED) is 0.886. The van der Waals surface area contributed by atoms with Gasteiger partial charge in [-0.15, -0.1) is 0 Å². The number of hydrogen-bond donors (Lipinski definition) is 2. The Labute approximate surface area is 119 Å². The first-order valence-corrected chi connectivity index (χ1v) is 7.40. The van der Waals surface area contributed by atoms with E-state index in [4.69, 9.17) is 0 Å². The summed E-state index contributed by atoms with van der Waals surface area (Å²) in [5, 5.41) is 5.80. The highest BCUT2D eigenvalue weighted by Gasteiger charge is 2.17. The van der Waals surface area contributed by atoms with Crippen LogP contribution in [0.4, 0.5) is 0 Å². The fraction of sp³-hybridized carbons (Fsp3) is 0.500. The van der Waals surface area contributed by atoms with Crippen molar-refractivity contribution >= 4 is 11.8 Å². The van der Waals surface area contributed by atoms with E-state index in [-0.39, 0.29) is 17.9 Å². The lowest BCUT2D eigenvalue weighted by Crippen LogP contribution is -2.36. The molecule has 1 saturated carbocycles. The van der Waals surface area contributed by atoms with Crippen LogP contribution in [-0.4, -0.2) is 24.4 Å². The van der Waals surface area contributed by atoms with Crippen molar-refractivity contribution < 1.29 is 9.59 Å². The zero-order chi connectivity index (χ0) is 14.4. The van der Waals surface area contributed by atoms with Crippen molar-refractivity contribution in [2.75, 3.05) is 6.54 Å². The Balaban J connectivity index is 2.02. The highest BCUT2D eigenvalue weighted by Crippen LogP contribution is 2.18. The van der Waals surface area contributed by atoms with E-state index in [1.807, 2.05) is 6.92 Å². The van der Waals surface area contributed by atoms with Crippen LogP contribution in [0.1, 0.15) is 59.7 Å². The van der Waals surface area contributed by atoms with Crippen LogP contribution in [0.2, 0.25) is 0 Å². The number of rotatable bonds is 4. The van der Waals surface area contributed by atoms with Crippen LogP contribution in [0, 0.1) is 0 Å². The van der Waals surface area contributed by atoms with Crippen molar-refractivity contribution in [1.82, 2.24) is 10.6 Å². The summed E-state index contributed by atoms with van der Waals surface area (Å²) in [4.78, 5) is 24.0. The van der Waals surface area contributed by atoms with Crippen molar-refractivity contribution in [3.05, 3.63) is 35.4 Å². The molecule has 0 heterocycles. The standard InChI is InChI=1S/C16H22N2O2/c1-2-17-15(19)12-7-6-8-13(11-12)16(20)18-14-9-4-3-5-10-14/h6-8,11,14H,2-5,9-10H2,1H3,(H,17,19)(H,18,20). The topological polar surface area (TPSA) is 58.2 Å². The molecule has 108 valence electrons. The van der Waals surface area contributed by atoms with Crippen LogP contribution < -0.4 is 10.6 Å². The lowest BCUT2D eigenvalue weighted by Gasteiger charge is -2.22. The summed E-state index contributed by atoms with van der Waals surface area (Å²) in [5.74, 6) is -0.220. The number of carbonyl (C=O) groups is 2. The second kappa shape index (κ2) is 7.08. The first-order chi connectivity index (χ1) is 9.70. The van der Waals surface area contributed by atoms with E-state index in [2.05, 4.69) is 10.6 Å². The number of nitrogens with one attached hydrogen (secondary N) is 2. The van der Waals surface area contributed by atoms with Gasteiger partial charge in [-0.05, 0) is 38.0 Å². The molecule has 0 atom stereocenters. The predicted molar refractivity (Wildman–Crippen MR) is 78.8 cm³/mol. The first-order valence-electron chi connectivity index (χ1n) is 7.40. The van der Waals surface area contributed by atoms with E-state index in [1.165, 1.54) is 19.3 Å². The van der Waals surface area contributed by atoms with E-state index >= 15 is 0 Å². The van der Waals surface area contributed by atoms with E-state index in [0.717, 1.165) is 12.8 Å². The van der Waals surface area contributed by atoms with E-state index in [0.29, 0.717) is 17.7 Å². The maximum absolute atomic E-state index is 12.2. The molecule has 1 aliphatic rings. The summed E-state index contributed by atoms with van der Waals surface area (Å²) >= 11 is 0. The molecule has 1 aromatic rings. The molecule has 1 aliphatic carbocycles. The fourth-order valence-electron chi connectivity index (χ4n) is 2.58. The Morgan fingerprint density at radius 3 is 2.40 bits per heavy atom. The summed E-state index contributed by atoms with van der Waals surface area (Å²) in [6.07, 6.45) is 5.75. The molecule has 0 aliphatic heterocycles. The van der Waals surface area contributed by atoms with Crippen LogP contribution in [0.3, 0.4) is 0 Å². The minimum absolute atomic E-state index is 0.0805. The zero-order valence-corrected chi connectivity index (χ0v) is 11.9. The third-order valence-electron chi connectivity index (χ3n) is 3.66. The number of hydrogen-bond acceptors (Lipinski definition) is 2. The van der Waals surface area contributed by atoms with Crippen molar-refractivity contribution in [2.24, 2.45) is 0 Å². The number of amides is 2. The molecular formula is C16H22N2O2. The van der Waals surface area contributed by atoms with Gasteiger partial charge < -0.3 is 10.6 Å². The molecule has 2 N–H and O–H groups in total. The smallest absolute Gasteiger partial charge is 0.251 e. The summed E-state index contributed by atoms with van der Waals surface area (Å²) < 4.78 is 0. The Morgan fingerprint density at radius 1 is 1.10 bits per heavy atom. The van der Waals surface area contributed by atoms with Crippen molar-refractivity contribution in [1.29, 1.82) is 0 Å². The molecule has 2 amide bonds. The van der Waals surface area contributed by atoms with Crippen LogP contribution >= 0.6 is 0 Å². The molecule has 0 radical (unpaired) electrons. The highest BCUT2D eigenvalue weighted by atomic mass is 16.2. The third kappa shape index (κ3) is 3.83. The number of carbonyl (C=O) groups excluding carboxylic acids is 2. The predicted octanol–water partition coefficient (Wildman–Crippen LogP) is 2.50. The Bertz CT molecular complexity index is 479. The molecule has 4 nitrogen and oxygen atoms in total. The molecule has 2 rings (SSSR count). The molecule has 0 bridgehead atoms. The van der Waals surface area contributed by atoms with Gasteiger partial charge in [-0.25, -0.2) is 0 Å². The summed E-state index contributed by atoms with van der Waals surface area (Å²) in [5.41, 5.74) is 1.09. The molecule has 0 unspecified atom stereocenters. The maximum Gasteiger partial charge on any atom is 0.251 e. The van der Waals surface area contributed by atoms with Crippen molar-refractivity contribution in [3.63, 3.8) is 0 Å². The minimum atomic E-state index is -0.139. The Morgan fingerprint density at radius 2 is 1.75 bits per heavy atom. The largest absolute Gasteiger partial charge is 0.352 e. The van der Waals surface area contributed by atoms with Crippen molar-refractivity contribution in [2.45, 2.75) is 45.1 Å². The molecule has 1 aromatic carbocycles. The van der Waals surface area contributed by atoms with Gasteiger partial charge in [0.25, 0.3) is 11.8 Å². The van der Waals surface area contributed by atoms with Gasteiger partial charge in [-0.1, -0.05) is 25.3 Å². The second-order valence-electron chi connectivity index (χ2n) is 5.25. The Hall–Kier alpha value is -1.84. The van der Waals surface area contributed by atoms with Gasteiger partial charge in [-0.3, -0.25) is 9.59 Å². The SMILES string of the molecule is CCNC(=O)c1cccc(C(=O)NC2CCCCC2)c1. The van der Waals surface area contributed by atoms with Crippen LogP contribution in [0.25, 0.3) is 0 Å². The average Bonchev–Trinajstić information content (AvgIpc) is 2.48. The highest BCUT2D eigenvalue weighted by molar-refractivity contribution is 5.99. The third-order valence-corrected chi connectivity index (χ3v) is 3.66. The van der Waals surface area contributed by atoms with E-state index in [9.17, 15) is 9.59 Å². The Kier molecular flexibility index (Phi) is 5.16. The molecule has 0 spiro atoms. The van der Waals surface area contributed by atoms with Gasteiger partial charge in [0.15, 0.2) is 0 Å². The van der Waals surface area contributed by atoms with Gasteiger partial charge in [0.1, 0.15) is 0 Å². The second-order valence-corrected chi connectivity index (χ2v) is 5.25. The summed E-state index contributed by atoms with van der Waals surface area (Å²) in [6.45, 7) is 2.45. The van der Waals surface area contributed by atoms with E-state index < -0.39 is 0 Å². The van der Waals surface area contributed by atoms with Crippen LogP contribution in [0.5, 0.6) is 0 Å². The normalized spacial score (nSPS) is 15.7. The molecule has 0 aromatic heterocycles. The minimum Gasteiger partial charge on any atom is -0.352 e. The molecule has 0 saturated heterocycles. The van der Waals surface area contributed by atoms with Gasteiger partial charge in [0, 0.05) is 23.7 Å². The van der Waals surface area contributed by atoms with Crippen molar-refractivity contribution in [3.8, 4) is 0 Å². The van der Waals surface area contributed by atoms with Crippen LogP contribution in [-0.2, 0) is 0 Å². The van der Waals surface area contributed by atoms with Gasteiger partial charge >= 0.3 is 0 Å². The van der Waals surface area contributed by atoms with Gasteiger partial charge in [0.05, 0.1) is 0 Å². The first kappa shape index (κ1) is 14.6. The fourth-order valence-corrected chi connectivity index (χ4v) is 2.58. The van der Waals surface area contributed by atoms with Gasteiger partial charge in [-0.2, -0.15) is 0 Å². The summed E-state index contributed by atoms with van der Waals surface area (Å²) in [7, 11) is 0. The number of benzene rings is 1. The average molecular weight is 274 g/mol. The molecule has 20 heavy (non-hydrogen) atoms.